The van der Waals surface area contributed by atoms with E-state index in [9.17, 15) is 0 Å². The van der Waals surface area contributed by atoms with Crippen LogP contribution < -0.4 is 0 Å². The number of aromatic nitrogens is 3. The number of hydrogen-bond acceptors (Lipinski definition) is 3. The highest BCUT2D eigenvalue weighted by Gasteiger charge is 2.21. The van der Waals surface area contributed by atoms with Crippen LogP contribution in [0.15, 0.2) is 205 Å². The molecule has 0 N–H and O–H groups in total. The van der Waals surface area contributed by atoms with Gasteiger partial charge in [-0.3, -0.25) is 0 Å². The van der Waals surface area contributed by atoms with Crippen molar-refractivity contribution in [2.45, 2.75) is 0 Å². The highest BCUT2D eigenvalue weighted by Crippen LogP contribution is 2.45. The molecule has 0 saturated heterocycles. The molecule has 13 rings (SSSR count). The quantitative estimate of drug-likeness (QED) is 0.174. The molecule has 60 heavy (non-hydrogen) atoms. The van der Waals surface area contributed by atoms with Crippen LogP contribution in [0.1, 0.15) is 0 Å². The lowest BCUT2D eigenvalue weighted by Gasteiger charge is -2.10. The molecule has 0 saturated carbocycles. The van der Waals surface area contributed by atoms with Gasteiger partial charge >= 0.3 is 0 Å². The maximum absolute atomic E-state index is 6.23. The molecule has 4 heterocycles. The molecule has 0 amide bonds. The minimum absolute atomic E-state index is 0.883. The molecule has 13 aromatic rings. The molecule has 4 nitrogen and oxygen atoms in total. The van der Waals surface area contributed by atoms with Crippen molar-refractivity contribution < 1.29 is 4.42 Å². The van der Waals surface area contributed by atoms with Gasteiger partial charge in [0.25, 0.3) is 0 Å². The summed E-state index contributed by atoms with van der Waals surface area (Å²) in [4.78, 5) is 5.55. The highest BCUT2D eigenvalue weighted by atomic mass is 32.1. The van der Waals surface area contributed by atoms with Crippen molar-refractivity contribution in [2.24, 2.45) is 0 Å². The van der Waals surface area contributed by atoms with E-state index in [0.717, 1.165) is 65.2 Å². The summed E-state index contributed by atoms with van der Waals surface area (Å²) in [7, 11) is 0. The number of nitrogens with zero attached hydrogens (tertiary/aromatic N) is 3. The van der Waals surface area contributed by atoms with Crippen molar-refractivity contribution >= 4 is 87.1 Å². The number of hydrogen-bond donors (Lipinski definition) is 0. The van der Waals surface area contributed by atoms with Crippen molar-refractivity contribution in [1.29, 1.82) is 0 Å². The number of para-hydroxylation sites is 5. The molecule has 0 atom stereocenters. The average molecular weight is 784 g/mol. The van der Waals surface area contributed by atoms with Crippen LogP contribution in [0, 0.1) is 0 Å². The summed E-state index contributed by atoms with van der Waals surface area (Å²) in [5.41, 5.74) is 15.5. The summed E-state index contributed by atoms with van der Waals surface area (Å²) >= 11 is 1.76. The zero-order chi connectivity index (χ0) is 39.3. The van der Waals surface area contributed by atoms with Gasteiger partial charge in [0, 0.05) is 60.4 Å². The molecule has 0 radical (unpaired) electrons. The van der Waals surface area contributed by atoms with E-state index in [1.807, 2.05) is 12.1 Å². The Labute approximate surface area is 348 Å². The third kappa shape index (κ3) is 4.93. The Kier molecular flexibility index (Phi) is 7.14. The Morgan fingerprint density at radius 1 is 0.367 bits per heavy atom. The zero-order valence-corrected chi connectivity index (χ0v) is 33.0. The van der Waals surface area contributed by atoms with E-state index in [1.165, 1.54) is 54.7 Å². The number of fused-ring (bicyclic) bond motifs is 10. The lowest BCUT2D eigenvalue weighted by Crippen LogP contribution is -1.93. The fourth-order valence-corrected chi connectivity index (χ4v) is 10.6. The van der Waals surface area contributed by atoms with Gasteiger partial charge in [0.2, 0.25) is 0 Å². The average Bonchev–Trinajstić information content (AvgIpc) is 4.08. The van der Waals surface area contributed by atoms with Gasteiger partial charge in [-0.25, -0.2) is 4.98 Å². The Morgan fingerprint density at radius 3 is 1.50 bits per heavy atom. The minimum Gasteiger partial charge on any atom is -0.456 e. The fraction of sp³-hybridized carbons (Fsp3) is 0. The molecule has 0 bridgehead atoms. The molecule has 4 aromatic heterocycles. The normalized spacial score (nSPS) is 12.0. The largest absolute Gasteiger partial charge is 0.456 e. The first-order chi connectivity index (χ1) is 29.7. The topological polar surface area (TPSA) is 35.9 Å². The van der Waals surface area contributed by atoms with Crippen LogP contribution in [0.25, 0.3) is 120 Å². The van der Waals surface area contributed by atoms with Crippen molar-refractivity contribution in [2.75, 3.05) is 0 Å². The van der Waals surface area contributed by atoms with E-state index in [2.05, 4.69) is 197 Å². The first-order valence-corrected chi connectivity index (χ1v) is 21.1. The summed E-state index contributed by atoms with van der Waals surface area (Å²) in [6, 6.07) is 71.9. The second-order valence-corrected chi connectivity index (χ2v) is 16.5. The third-order valence-electron chi connectivity index (χ3n) is 12.2. The molecule has 0 aliphatic rings. The summed E-state index contributed by atoms with van der Waals surface area (Å²) < 4.78 is 12.1. The van der Waals surface area contributed by atoms with Crippen LogP contribution in [-0.2, 0) is 0 Å². The highest BCUT2D eigenvalue weighted by molar-refractivity contribution is 7.22. The summed E-state index contributed by atoms with van der Waals surface area (Å²) in [6.07, 6.45) is 0. The van der Waals surface area contributed by atoms with Gasteiger partial charge in [-0.05, 0) is 96.1 Å². The van der Waals surface area contributed by atoms with Crippen molar-refractivity contribution in [3.63, 3.8) is 0 Å². The van der Waals surface area contributed by atoms with E-state index >= 15 is 0 Å². The van der Waals surface area contributed by atoms with Gasteiger partial charge in [0.05, 0.1) is 32.3 Å². The first kappa shape index (κ1) is 33.3. The number of furan rings is 1. The standard InChI is InChI=1S/C55H33N3OS/c1-3-13-37(14-4-1)57-47-20-10-7-17-41(47)44-31-34(23-28-49(44)57)39-26-27-40(35-24-29-50-45(32-35)42-18-8-11-21-48(42)58(50)38-15-5-2-6-16-38)54-53(39)56-55(60-54)36-25-30-52-46(33-36)43-19-9-12-22-51(43)59-52/h1-33H. The molecule has 0 fully saturated rings. The second kappa shape index (κ2) is 12.9. The molecule has 280 valence electrons. The minimum atomic E-state index is 0.883. The van der Waals surface area contributed by atoms with Gasteiger partial charge in [-0.1, -0.05) is 115 Å². The lowest BCUT2D eigenvalue weighted by atomic mass is 9.97. The molecule has 0 unspecified atom stereocenters. The first-order valence-electron chi connectivity index (χ1n) is 20.3. The number of benzene rings is 9. The molecular weight excluding hydrogens is 751 g/mol. The predicted molar refractivity (Wildman–Crippen MR) is 252 cm³/mol. The Bertz CT molecular complexity index is 3640. The summed E-state index contributed by atoms with van der Waals surface area (Å²) in [6.45, 7) is 0. The van der Waals surface area contributed by atoms with Crippen LogP contribution >= 0.6 is 11.3 Å². The number of thiazole rings is 1. The van der Waals surface area contributed by atoms with Crippen LogP contribution in [0.5, 0.6) is 0 Å². The smallest absolute Gasteiger partial charge is 0.135 e. The molecule has 0 spiro atoms. The monoisotopic (exact) mass is 783 g/mol. The third-order valence-corrected chi connectivity index (χ3v) is 13.3. The van der Waals surface area contributed by atoms with Gasteiger partial charge in [-0.15, -0.1) is 11.3 Å². The SMILES string of the molecule is c1ccc(-n2c3ccccc3c3cc(-c4ccc(-c5ccc6c(c5)c5ccccc5n6-c5ccccc5)c5sc(-c6ccc7oc8ccccc8c7c6)nc45)ccc32)cc1. The van der Waals surface area contributed by atoms with Crippen molar-refractivity contribution in [1.82, 2.24) is 14.1 Å². The molecule has 9 aromatic carbocycles. The van der Waals surface area contributed by atoms with Crippen LogP contribution in [0.2, 0.25) is 0 Å². The Balaban J connectivity index is 1.04. The fourth-order valence-electron chi connectivity index (χ4n) is 9.44. The van der Waals surface area contributed by atoms with Gasteiger partial charge < -0.3 is 13.6 Å². The summed E-state index contributed by atoms with van der Waals surface area (Å²) in [5, 5.41) is 8.11. The van der Waals surface area contributed by atoms with E-state index in [4.69, 9.17) is 9.40 Å². The predicted octanol–water partition coefficient (Wildman–Crippen LogP) is 15.4. The Hall–Kier alpha value is -7.73. The molecule has 0 aliphatic heterocycles. The number of rotatable bonds is 5. The lowest BCUT2D eigenvalue weighted by molar-refractivity contribution is 0.669. The van der Waals surface area contributed by atoms with Gasteiger partial charge in [0.1, 0.15) is 16.2 Å². The van der Waals surface area contributed by atoms with E-state index < -0.39 is 0 Å². The second-order valence-electron chi connectivity index (χ2n) is 15.5. The molecule has 5 heteroatoms. The van der Waals surface area contributed by atoms with Crippen molar-refractivity contribution in [3.05, 3.63) is 200 Å². The van der Waals surface area contributed by atoms with E-state index in [-0.39, 0.29) is 0 Å². The molecule has 0 aliphatic carbocycles. The maximum Gasteiger partial charge on any atom is 0.135 e. The van der Waals surface area contributed by atoms with Crippen LogP contribution in [0.4, 0.5) is 0 Å². The van der Waals surface area contributed by atoms with Crippen molar-refractivity contribution in [3.8, 4) is 44.2 Å². The Morgan fingerprint density at radius 2 is 0.850 bits per heavy atom. The zero-order valence-electron chi connectivity index (χ0n) is 32.2. The van der Waals surface area contributed by atoms with Crippen LogP contribution in [0.3, 0.4) is 0 Å². The molecular formula is C55H33N3OS. The van der Waals surface area contributed by atoms with Crippen LogP contribution in [-0.4, -0.2) is 14.1 Å². The van der Waals surface area contributed by atoms with Gasteiger partial charge in [0.15, 0.2) is 0 Å². The van der Waals surface area contributed by atoms with Gasteiger partial charge in [-0.2, -0.15) is 0 Å². The maximum atomic E-state index is 6.23. The summed E-state index contributed by atoms with van der Waals surface area (Å²) in [5.74, 6) is 0. The van der Waals surface area contributed by atoms with E-state index in [1.54, 1.807) is 11.3 Å². The van der Waals surface area contributed by atoms with E-state index in [0.29, 0.717) is 0 Å².